The van der Waals surface area contributed by atoms with E-state index in [9.17, 15) is 4.79 Å². The minimum absolute atomic E-state index is 0.114. The number of aryl methyl sites for hydroxylation is 2. The van der Waals surface area contributed by atoms with Gasteiger partial charge in [-0.15, -0.1) is 0 Å². The molecule has 126 valence electrons. The Morgan fingerprint density at radius 2 is 2.21 bits per heavy atom. The van der Waals surface area contributed by atoms with Crippen LogP contribution in [0.3, 0.4) is 0 Å². The van der Waals surface area contributed by atoms with Gasteiger partial charge in [0.1, 0.15) is 5.69 Å². The molecule has 0 saturated carbocycles. The van der Waals surface area contributed by atoms with Crippen LogP contribution in [0.5, 0.6) is 0 Å². The normalized spacial score (nSPS) is 16.8. The van der Waals surface area contributed by atoms with Crippen molar-refractivity contribution >= 4 is 17.5 Å². The van der Waals surface area contributed by atoms with Crippen LogP contribution in [0.1, 0.15) is 34.5 Å². The summed E-state index contributed by atoms with van der Waals surface area (Å²) >= 11 is 0. The van der Waals surface area contributed by atoms with Gasteiger partial charge in [-0.3, -0.25) is 4.79 Å². The van der Waals surface area contributed by atoms with Crippen LogP contribution in [-0.2, 0) is 4.74 Å². The van der Waals surface area contributed by atoms with Crippen LogP contribution in [0.4, 0.5) is 11.6 Å². The molecule has 3 rings (SSSR count). The summed E-state index contributed by atoms with van der Waals surface area (Å²) in [5, 5.41) is 6.05. The first-order valence-electron chi connectivity index (χ1n) is 8.19. The van der Waals surface area contributed by atoms with E-state index in [-0.39, 0.29) is 12.0 Å². The van der Waals surface area contributed by atoms with Crippen LogP contribution in [0.15, 0.2) is 30.5 Å². The Bertz CT molecular complexity index is 727. The van der Waals surface area contributed by atoms with Crippen LogP contribution in [-0.4, -0.2) is 35.1 Å². The predicted octanol–water partition coefficient (Wildman–Crippen LogP) is 2.75. The van der Waals surface area contributed by atoms with Gasteiger partial charge in [-0.25, -0.2) is 9.97 Å². The Kier molecular flexibility index (Phi) is 5.05. The molecule has 0 bridgehead atoms. The maximum atomic E-state index is 12.2. The third kappa shape index (κ3) is 4.08. The van der Waals surface area contributed by atoms with Gasteiger partial charge in [0.2, 0.25) is 5.95 Å². The number of hydrogen-bond acceptors (Lipinski definition) is 5. The molecule has 24 heavy (non-hydrogen) atoms. The lowest BCUT2D eigenvalue weighted by Gasteiger charge is -2.12. The SMILES string of the molecule is Cc1ccc(C)c(Nc2nccc(C(=O)NCC3CCCO3)n2)c1. The highest BCUT2D eigenvalue weighted by atomic mass is 16.5. The van der Waals surface area contributed by atoms with Gasteiger partial charge in [0.25, 0.3) is 5.91 Å². The molecule has 1 aromatic carbocycles. The molecule has 0 aliphatic carbocycles. The molecule has 1 aliphatic rings. The second kappa shape index (κ2) is 7.40. The highest BCUT2D eigenvalue weighted by Gasteiger charge is 2.17. The van der Waals surface area contributed by atoms with E-state index in [0.717, 1.165) is 36.3 Å². The van der Waals surface area contributed by atoms with E-state index in [1.807, 2.05) is 26.0 Å². The predicted molar refractivity (Wildman–Crippen MR) is 92.5 cm³/mol. The van der Waals surface area contributed by atoms with Crippen molar-refractivity contribution in [1.82, 2.24) is 15.3 Å². The van der Waals surface area contributed by atoms with Crippen LogP contribution in [0, 0.1) is 13.8 Å². The van der Waals surface area contributed by atoms with Crippen LogP contribution >= 0.6 is 0 Å². The molecule has 2 aromatic rings. The fourth-order valence-electron chi connectivity index (χ4n) is 2.64. The summed E-state index contributed by atoms with van der Waals surface area (Å²) in [6.45, 7) is 5.33. The first-order valence-corrected chi connectivity index (χ1v) is 8.19. The highest BCUT2D eigenvalue weighted by molar-refractivity contribution is 5.92. The molecule has 1 unspecified atom stereocenters. The molecule has 1 fully saturated rings. The molecule has 6 heteroatoms. The van der Waals surface area contributed by atoms with Gasteiger partial charge in [-0.2, -0.15) is 0 Å². The fraction of sp³-hybridized carbons (Fsp3) is 0.389. The molecule has 2 heterocycles. The average Bonchev–Trinajstić information content (AvgIpc) is 3.10. The molecule has 1 aliphatic heterocycles. The summed E-state index contributed by atoms with van der Waals surface area (Å²) in [6.07, 6.45) is 3.74. The fourth-order valence-corrected chi connectivity index (χ4v) is 2.64. The number of carbonyl (C=O) groups is 1. The summed E-state index contributed by atoms with van der Waals surface area (Å²) in [5.41, 5.74) is 3.52. The molecule has 1 saturated heterocycles. The molecule has 2 N–H and O–H groups in total. The lowest BCUT2D eigenvalue weighted by Crippen LogP contribution is -2.32. The number of anilines is 2. The zero-order valence-electron chi connectivity index (χ0n) is 14.0. The van der Waals surface area contributed by atoms with Gasteiger partial charge in [0.05, 0.1) is 6.10 Å². The van der Waals surface area contributed by atoms with E-state index in [4.69, 9.17) is 4.74 Å². The molecule has 1 amide bonds. The van der Waals surface area contributed by atoms with Gasteiger partial charge >= 0.3 is 0 Å². The van der Waals surface area contributed by atoms with E-state index in [2.05, 4.69) is 26.7 Å². The Labute approximate surface area is 141 Å². The van der Waals surface area contributed by atoms with E-state index in [1.165, 1.54) is 0 Å². The Morgan fingerprint density at radius 3 is 3.00 bits per heavy atom. The summed E-state index contributed by atoms with van der Waals surface area (Å²) < 4.78 is 5.51. The molecule has 6 nitrogen and oxygen atoms in total. The Morgan fingerprint density at radius 1 is 1.33 bits per heavy atom. The molecule has 0 spiro atoms. The second-order valence-corrected chi connectivity index (χ2v) is 6.05. The van der Waals surface area contributed by atoms with Gasteiger partial charge in [-0.05, 0) is 49.9 Å². The number of amides is 1. The third-order valence-electron chi connectivity index (χ3n) is 4.04. The maximum Gasteiger partial charge on any atom is 0.270 e. The van der Waals surface area contributed by atoms with Crippen LogP contribution in [0.25, 0.3) is 0 Å². The van der Waals surface area contributed by atoms with Crippen molar-refractivity contribution in [3.8, 4) is 0 Å². The number of aromatic nitrogens is 2. The average molecular weight is 326 g/mol. The molecule has 1 aromatic heterocycles. The van der Waals surface area contributed by atoms with Gasteiger partial charge < -0.3 is 15.4 Å². The summed E-state index contributed by atoms with van der Waals surface area (Å²) in [6, 6.07) is 7.73. The third-order valence-corrected chi connectivity index (χ3v) is 4.04. The van der Waals surface area contributed by atoms with Crippen molar-refractivity contribution in [1.29, 1.82) is 0 Å². The summed E-state index contributed by atoms with van der Waals surface area (Å²) in [5.74, 6) is 0.199. The van der Waals surface area contributed by atoms with E-state index in [0.29, 0.717) is 18.2 Å². The van der Waals surface area contributed by atoms with E-state index in [1.54, 1.807) is 12.3 Å². The quantitative estimate of drug-likeness (QED) is 0.883. The van der Waals surface area contributed by atoms with Crippen LogP contribution in [0.2, 0.25) is 0 Å². The largest absolute Gasteiger partial charge is 0.376 e. The van der Waals surface area contributed by atoms with Crippen molar-refractivity contribution in [3.05, 3.63) is 47.3 Å². The highest BCUT2D eigenvalue weighted by Crippen LogP contribution is 2.19. The monoisotopic (exact) mass is 326 g/mol. The minimum Gasteiger partial charge on any atom is -0.376 e. The summed E-state index contributed by atoms with van der Waals surface area (Å²) in [7, 11) is 0. The van der Waals surface area contributed by atoms with Crippen molar-refractivity contribution in [2.24, 2.45) is 0 Å². The minimum atomic E-state index is -0.211. The lowest BCUT2D eigenvalue weighted by molar-refractivity contribution is 0.0853. The zero-order chi connectivity index (χ0) is 16.9. The van der Waals surface area contributed by atoms with Gasteiger partial charge in [0.15, 0.2) is 0 Å². The number of ether oxygens (including phenoxy) is 1. The number of nitrogens with one attached hydrogen (secondary N) is 2. The number of hydrogen-bond donors (Lipinski definition) is 2. The van der Waals surface area contributed by atoms with Gasteiger partial charge in [-0.1, -0.05) is 12.1 Å². The van der Waals surface area contributed by atoms with Crippen molar-refractivity contribution in [3.63, 3.8) is 0 Å². The summed E-state index contributed by atoms with van der Waals surface area (Å²) in [4.78, 5) is 20.7. The first kappa shape index (κ1) is 16.4. The number of benzene rings is 1. The zero-order valence-corrected chi connectivity index (χ0v) is 14.0. The molecule has 1 atom stereocenters. The van der Waals surface area contributed by atoms with E-state index < -0.39 is 0 Å². The molecular weight excluding hydrogens is 304 g/mol. The number of rotatable bonds is 5. The number of nitrogens with zero attached hydrogens (tertiary/aromatic N) is 2. The standard InChI is InChI=1S/C18H22N4O2/c1-12-5-6-13(2)16(10-12)22-18-19-8-7-15(21-18)17(23)20-11-14-4-3-9-24-14/h5-8,10,14H,3-4,9,11H2,1-2H3,(H,20,23)(H,19,21,22). The smallest absolute Gasteiger partial charge is 0.270 e. The Hall–Kier alpha value is -2.47. The van der Waals surface area contributed by atoms with Crippen molar-refractivity contribution in [2.45, 2.75) is 32.8 Å². The van der Waals surface area contributed by atoms with Crippen molar-refractivity contribution in [2.75, 3.05) is 18.5 Å². The Balaban J connectivity index is 1.66. The topological polar surface area (TPSA) is 76.1 Å². The molecular formula is C18H22N4O2. The first-order chi connectivity index (χ1) is 11.6. The van der Waals surface area contributed by atoms with E-state index >= 15 is 0 Å². The van der Waals surface area contributed by atoms with Crippen molar-refractivity contribution < 1.29 is 9.53 Å². The molecule has 0 radical (unpaired) electrons. The second-order valence-electron chi connectivity index (χ2n) is 6.05. The van der Waals surface area contributed by atoms with Gasteiger partial charge in [0, 0.05) is 25.0 Å². The maximum absolute atomic E-state index is 12.2. The number of carbonyl (C=O) groups excluding carboxylic acids is 1. The van der Waals surface area contributed by atoms with Crippen LogP contribution < -0.4 is 10.6 Å². The lowest BCUT2D eigenvalue weighted by atomic mass is 10.1.